The van der Waals surface area contributed by atoms with Crippen LogP contribution in [0.4, 0.5) is 0 Å². The van der Waals surface area contributed by atoms with Gasteiger partial charge in [-0.3, -0.25) is 4.79 Å². The van der Waals surface area contributed by atoms with Crippen LogP contribution in [0, 0.1) is 0 Å². The second kappa shape index (κ2) is 6.21. The Morgan fingerprint density at radius 3 is 2.50 bits per heavy atom. The highest BCUT2D eigenvalue weighted by atomic mass is 35.5. The second-order valence-electron chi connectivity index (χ2n) is 5.10. The summed E-state index contributed by atoms with van der Waals surface area (Å²) in [5, 5.41) is 0. The summed E-state index contributed by atoms with van der Waals surface area (Å²) in [4.78, 5) is 11.9. The first-order valence-corrected chi connectivity index (χ1v) is 6.70. The Bertz CT molecular complexity index is 610. The van der Waals surface area contributed by atoms with E-state index in [9.17, 15) is 4.79 Å². The van der Waals surface area contributed by atoms with Crippen molar-refractivity contribution in [2.24, 2.45) is 5.73 Å². The molecule has 1 aliphatic carbocycles. The van der Waals surface area contributed by atoms with Gasteiger partial charge in [-0.15, -0.1) is 12.4 Å². The van der Waals surface area contributed by atoms with Crippen molar-refractivity contribution >= 4 is 18.2 Å². The molecule has 104 valence electrons. The van der Waals surface area contributed by atoms with Crippen LogP contribution in [0.2, 0.25) is 0 Å². The van der Waals surface area contributed by atoms with Gasteiger partial charge in [0.05, 0.1) is 6.04 Å². The highest BCUT2D eigenvalue weighted by Crippen LogP contribution is 2.29. The van der Waals surface area contributed by atoms with E-state index in [4.69, 9.17) is 5.73 Å². The number of benzene rings is 2. The summed E-state index contributed by atoms with van der Waals surface area (Å²) in [6.45, 7) is 0. The Morgan fingerprint density at radius 2 is 1.75 bits per heavy atom. The van der Waals surface area contributed by atoms with E-state index in [0.29, 0.717) is 6.42 Å². The van der Waals surface area contributed by atoms with Gasteiger partial charge in [-0.1, -0.05) is 48.5 Å². The molecule has 2 aromatic carbocycles. The first kappa shape index (κ1) is 14.8. The fraction of sp³-hybridized carbons (Fsp3) is 0.235. The van der Waals surface area contributed by atoms with Gasteiger partial charge in [0, 0.05) is 6.42 Å². The van der Waals surface area contributed by atoms with E-state index in [1.165, 1.54) is 16.7 Å². The third kappa shape index (κ3) is 2.77. The molecule has 2 aromatic rings. The lowest BCUT2D eigenvalue weighted by molar-refractivity contribution is -0.119. The molecule has 0 radical (unpaired) electrons. The van der Waals surface area contributed by atoms with Crippen LogP contribution in [-0.4, -0.2) is 11.8 Å². The molecule has 0 aromatic heterocycles. The predicted molar refractivity (Wildman–Crippen MR) is 84.1 cm³/mol. The molecule has 0 bridgehead atoms. The molecule has 1 unspecified atom stereocenters. The molecule has 0 saturated carbocycles. The Labute approximate surface area is 125 Å². The zero-order valence-corrected chi connectivity index (χ0v) is 12.0. The molecule has 0 aliphatic heterocycles. The SMILES string of the molecule is Cl.NC1CCc2c(cccc2-c2ccccc2)CC1=O. The van der Waals surface area contributed by atoms with Gasteiger partial charge in [0.15, 0.2) is 5.78 Å². The van der Waals surface area contributed by atoms with E-state index in [1.54, 1.807) is 0 Å². The van der Waals surface area contributed by atoms with E-state index in [2.05, 4.69) is 24.3 Å². The minimum absolute atomic E-state index is 0. The molecular formula is C17H18ClNO. The van der Waals surface area contributed by atoms with Crippen LogP contribution >= 0.6 is 12.4 Å². The number of fused-ring (bicyclic) bond motifs is 1. The van der Waals surface area contributed by atoms with Crippen LogP contribution in [0.15, 0.2) is 48.5 Å². The number of hydrogen-bond acceptors (Lipinski definition) is 2. The summed E-state index contributed by atoms with van der Waals surface area (Å²) in [5.74, 6) is 0.156. The number of nitrogens with two attached hydrogens (primary N) is 1. The molecule has 1 atom stereocenters. The largest absolute Gasteiger partial charge is 0.321 e. The monoisotopic (exact) mass is 287 g/mol. The summed E-state index contributed by atoms with van der Waals surface area (Å²) in [5.41, 5.74) is 10.8. The Hall–Kier alpha value is -1.64. The lowest BCUT2D eigenvalue weighted by atomic mass is 9.93. The van der Waals surface area contributed by atoms with Crippen LogP contribution < -0.4 is 5.73 Å². The molecule has 0 heterocycles. The lowest BCUT2D eigenvalue weighted by Gasteiger charge is -2.12. The summed E-state index contributed by atoms with van der Waals surface area (Å²) < 4.78 is 0. The molecule has 20 heavy (non-hydrogen) atoms. The minimum atomic E-state index is -0.309. The van der Waals surface area contributed by atoms with Gasteiger partial charge in [0.1, 0.15) is 0 Å². The summed E-state index contributed by atoms with van der Waals surface area (Å²) >= 11 is 0. The van der Waals surface area contributed by atoms with Gasteiger partial charge in [-0.2, -0.15) is 0 Å². The normalized spacial score (nSPS) is 17.9. The van der Waals surface area contributed by atoms with Crippen LogP contribution in [0.1, 0.15) is 17.5 Å². The van der Waals surface area contributed by atoms with Crippen molar-refractivity contribution in [3.05, 3.63) is 59.7 Å². The molecule has 0 spiro atoms. The standard InChI is InChI=1S/C17H17NO.ClH/c18-16-10-9-15-13(11-17(16)19)7-4-8-14(15)12-5-2-1-3-6-12;/h1-8,16H,9-11,18H2;1H. The lowest BCUT2D eigenvalue weighted by Crippen LogP contribution is -2.30. The topological polar surface area (TPSA) is 43.1 Å². The fourth-order valence-electron chi connectivity index (χ4n) is 2.76. The van der Waals surface area contributed by atoms with Gasteiger partial charge in [-0.25, -0.2) is 0 Å². The Balaban J connectivity index is 0.00000147. The number of carbonyl (C=O) groups excluding carboxylic acids is 1. The summed E-state index contributed by atoms with van der Waals surface area (Å²) in [6.07, 6.45) is 2.10. The maximum Gasteiger partial charge on any atom is 0.153 e. The van der Waals surface area contributed by atoms with E-state index in [0.717, 1.165) is 18.4 Å². The van der Waals surface area contributed by atoms with Crippen molar-refractivity contribution in [3.63, 3.8) is 0 Å². The highest BCUT2D eigenvalue weighted by molar-refractivity contribution is 5.87. The maximum absolute atomic E-state index is 11.9. The van der Waals surface area contributed by atoms with Crippen molar-refractivity contribution < 1.29 is 4.79 Å². The van der Waals surface area contributed by atoms with Gasteiger partial charge < -0.3 is 5.73 Å². The van der Waals surface area contributed by atoms with Crippen molar-refractivity contribution in [3.8, 4) is 11.1 Å². The zero-order valence-electron chi connectivity index (χ0n) is 11.2. The predicted octanol–water partition coefficient (Wildman–Crippen LogP) is 3.16. The number of halogens is 1. The average Bonchev–Trinajstić information content (AvgIpc) is 2.59. The van der Waals surface area contributed by atoms with E-state index in [1.807, 2.05) is 24.3 Å². The minimum Gasteiger partial charge on any atom is -0.321 e. The molecule has 1 aliphatic rings. The molecule has 0 amide bonds. The van der Waals surface area contributed by atoms with Gasteiger partial charge in [0.25, 0.3) is 0 Å². The number of rotatable bonds is 1. The Morgan fingerprint density at radius 1 is 1.00 bits per heavy atom. The molecule has 2 N–H and O–H groups in total. The Kier molecular flexibility index (Phi) is 4.58. The molecular weight excluding hydrogens is 270 g/mol. The van der Waals surface area contributed by atoms with Crippen LogP contribution in [0.3, 0.4) is 0 Å². The molecule has 3 rings (SSSR count). The fourth-order valence-corrected chi connectivity index (χ4v) is 2.76. The smallest absolute Gasteiger partial charge is 0.153 e. The van der Waals surface area contributed by atoms with Gasteiger partial charge in [0.2, 0.25) is 0 Å². The maximum atomic E-state index is 11.9. The van der Waals surface area contributed by atoms with Crippen molar-refractivity contribution in [1.29, 1.82) is 0 Å². The summed E-state index contributed by atoms with van der Waals surface area (Å²) in [6, 6.07) is 16.2. The third-order valence-corrected chi connectivity index (χ3v) is 3.84. The number of carbonyl (C=O) groups is 1. The number of hydrogen-bond donors (Lipinski definition) is 1. The van der Waals surface area contributed by atoms with Gasteiger partial charge >= 0.3 is 0 Å². The first-order valence-electron chi connectivity index (χ1n) is 6.70. The zero-order chi connectivity index (χ0) is 13.2. The van der Waals surface area contributed by atoms with E-state index < -0.39 is 0 Å². The second-order valence-corrected chi connectivity index (χ2v) is 5.10. The molecule has 0 saturated heterocycles. The van der Waals surface area contributed by atoms with E-state index >= 15 is 0 Å². The molecule has 2 nitrogen and oxygen atoms in total. The number of ketones is 1. The molecule has 0 fully saturated rings. The quantitative estimate of drug-likeness (QED) is 0.819. The first-order chi connectivity index (χ1) is 9.25. The van der Waals surface area contributed by atoms with Crippen molar-refractivity contribution in [1.82, 2.24) is 0 Å². The average molecular weight is 288 g/mol. The van der Waals surface area contributed by atoms with Crippen LogP contribution in [0.5, 0.6) is 0 Å². The van der Waals surface area contributed by atoms with Crippen LogP contribution in [-0.2, 0) is 17.6 Å². The van der Waals surface area contributed by atoms with Crippen molar-refractivity contribution in [2.45, 2.75) is 25.3 Å². The number of Topliss-reactive ketones (excluding diaryl/α,β-unsaturated/α-hetero) is 1. The van der Waals surface area contributed by atoms with Gasteiger partial charge in [-0.05, 0) is 35.1 Å². The van der Waals surface area contributed by atoms with Crippen LogP contribution in [0.25, 0.3) is 11.1 Å². The van der Waals surface area contributed by atoms with E-state index in [-0.39, 0.29) is 24.2 Å². The molecule has 3 heteroatoms. The van der Waals surface area contributed by atoms with Crippen molar-refractivity contribution in [2.75, 3.05) is 0 Å². The summed E-state index contributed by atoms with van der Waals surface area (Å²) in [7, 11) is 0. The third-order valence-electron chi connectivity index (χ3n) is 3.84. The highest BCUT2D eigenvalue weighted by Gasteiger charge is 2.22.